The number of nitrogens with one attached hydrogen (secondary N) is 1. The Hall–Kier alpha value is -1.84. The van der Waals surface area contributed by atoms with Gasteiger partial charge in [-0.3, -0.25) is 9.69 Å². The third-order valence-electron chi connectivity index (χ3n) is 3.53. The molecule has 0 unspecified atom stereocenters. The van der Waals surface area contributed by atoms with E-state index in [2.05, 4.69) is 15.6 Å². The number of hydrogen-bond donors (Lipinski definition) is 3. The summed E-state index contributed by atoms with van der Waals surface area (Å²) in [5.41, 5.74) is 12.6. The highest BCUT2D eigenvalue weighted by atomic mass is 32.2. The molecule has 1 aromatic heterocycles. The minimum absolute atomic E-state index is 0.0576. The first-order valence-electron chi connectivity index (χ1n) is 6.66. The van der Waals surface area contributed by atoms with Crippen LogP contribution in [0.4, 0.5) is 0 Å². The van der Waals surface area contributed by atoms with Crippen LogP contribution in [0.15, 0.2) is 28.0 Å². The molecule has 0 radical (unpaired) electrons. The molecule has 3 heterocycles. The second kappa shape index (κ2) is 6.11. The summed E-state index contributed by atoms with van der Waals surface area (Å²) in [4.78, 5) is 18.9. The van der Waals surface area contributed by atoms with Crippen molar-refractivity contribution in [1.82, 2.24) is 15.4 Å². The molecule has 0 aromatic carbocycles. The van der Waals surface area contributed by atoms with Gasteiger partial charge in [0.05, 0.1) is 28.7 Å². The summed E-state index contributed by atoms with van der Waals surface area (Å²) in [6.07, 6.45) is 4.52. The normalized spacial score (nSPS) is 22.1. The maximum absolute atomic E-state index is 11.9. The minimum atomic E-state index is 0.0576. The van der Waals surface area contributed by atoms with Crippen molar-refractivity contribution in [1.29, 1.82) is 0 Å². The lowest BCUT2D eigenvalue weighted by atomic mass is 10.1. The zero-order valence-electron chi connectivity index (χ0n) is 11.9. The molecule has 1 fully saturated rings. The number of thiazole rings is 1. The number of amides is 1. The standard InChI is InChI=1S/C13H16N6OS2/c1-7-9(22-6-16-7)3-2-8-5-21-11-4-10(20)19(11)12(8)13(14)17-18-15/h2-3,6,11,18H,4-5,15H2,1H3,(H2,14,17)/b3-2-/t11-/m1/s1. The monoisotopic (exact) mass is 336 g/mol. The maximum Gasteiger partial charge on any atom is 0.231 e. The van der Waals surface area contributed by atoms with E-state index in [0.29, 0.717) is 12.1 Å². The van der Waals surface area contributed by atoms with Crippen LogP contribution in [0.1, 0.15) is 17.0 Å². The number of hydrogen-bond acceptors (Lipinski definition) is 7. The summed E-state index contributed by atoms with van der Waals surface area (Å²) in [5.74, 6) is 6.27. The zero-order valence-corrected chi connectivity index (χ0v) is 13.6. The average Bonchev–Trinajstić information content (AvgIpc) is 2.89. The number of β-lactam (4-membered cyclic amide) rings is 1. The fraction of sp³-hybridized carbons (Fsp3) is 0.308. The first kappa shape index (κ1) is 15.1. The Morgan fingerprint density at radius 3 is 3.05 bits per heavy atom. The van der Waals surface area contributed by atoms with Gasteiger partial charge in [0.15, 0.2) is 5.84 Å². The van der Waals surface area contributed by atoms with Gasteiger partial charge in [-0.05, 0) is 18.6 Å². The number of allylic oxidation sites excluding steroid dienone is 1. The maximum atomic E-state index is 11.9. The number of hydrazone groups is 1. The van der Waals surface area contributed by atoms with E-state index >= 15 is 0 Å². The Kier molecular flexibility index (Phi) is 4.19. The molecule has 1 aromatic rings. The van der Waals surface area contributed by atoms with E-state index in [0.717, 1.165) is 21.9 Å². The lowest BCUT2D eigenvalue weighted by molar-refractivity contribution is -0.138. The molecule has 1 amide bonds. The van der Waals surface area contributed by atoms with Crippen LogP contribution in [0.25, 0.3) is 6.08 Å². The van der Waals surface area contributed by atoms with E-state index in [1.807, 2.05) is 24.6 Å². The number of aryl methyl sites for hydroxylation is 1. The molecule has 1 saturated heterocycles. The summed E-state index contributed by atoms with van der Waals surface area (Å²) in [7, 11) is 0. The quantitative estimate of drug-likeness (QED) is 0.246. The third-order valence-corrected chi connectivity index (χ3v) is 5.66. The van der Waals surface area contributed by atoms with Gasteiger partial charge in [0.25, 0.3) is 0 Å². The van der Waals surface area contributed by atoms with Crippen LogP contribution in [0.2, 0.25) is 0 Å². The second-order valence-corrected chi connectivity index (χ2v) is 6.92. The number of fused-ring (bicyclic) bond motifs is 1. The van der Waals surface area contributed by atoms with Crippen LogP contribution in [0, 0.1) is 6.92 Å². The summed E-state index contributed by atoms with van der Waals surface area (Å²) in [6, 6.07) is 0. The van der Waals surface area contributed by atoms with E-state index in [-0.39, 0.29) is 17.1 Å². The first-order chi connectivity index (χ1) is 10.6. The molecule has 22 heavy (non-hydrogen) atoms. The number of rotatable bonds is 4. The van der Waals surface area contributed by atoms with E-state index in [4.69, 9.17) is 11.6 Å². The smallest absolute Gasteiger partial charge is 0.231 e. The number of amidine groups is 1. The van der Waals surface area contributed by atoms with Crippen molar-refractivity contribution < 1.29 is 4.79 Å². The van der Waals surface area contributed by atoms with Crippen LogP contribution < -0.4 is 17.1 Å². The number of hydrazine groups is 1. The van der Waals surface area contributed by atoms with Gasteiger partial charge in [-0.25, -0.2) is 16.4 Å². The number of carbonyl (C=O) groups is 1. The number of nitrogens with zero attached hydrogens (tertiary/aromatic N) is 3. The first-order valence-corrected chi connectivity index (χ1v) is 8.58. The SMILES string of the molecule is Cc1ncsc1/C=C\C1=C(C(/N)=N/NN)N2C(=O)C[C@H]2SC1. The van der Waals surface area contributed by atoms with Gasteiger partial charge >= 0.3 is 0 Å². The summed E-state index contributed by atoms with van der Waals surface area (Å²) in [5, 5.41) is 3.98. The fourth-order valence-electron chi connectivity index (χ4n) is 2.38. The molecule has 7 nitrogen and oxygen atoms in total. The number of nitrogens with two attached hydrogens (primary N) is 2. The highest BCUT2D eigenvalue weighted by Gasteiger charge is 2.43. The Bertz CT molecular complexity index is 692. The van der Waals surface area contributed by atoms with Crippen LogP contribution in [0.3, 0.4) is 0 Å². The fourth-order valence-corrected chi connectivity index (χ4v) is 4.31. The number of carbonyl (C=O) groups excluding carboxylic acids is 1. The van der Waals surface area contributed by atoms with Crippen LogP contribution in [-0.2, 0) is 4.79 Å². The van der Waals surface area contributed by atoms with Crippen molar-refractivity contribution in [3.63, 3.8) is 0 Å². The minimum Gasteiger partial charge on any atom is -0.380 e. The van der Waals surface area contributed by atoms with Crippen molar-refractivity contribution in [2.45, 2.75) is 18.7 Å². The molecule has 1 atom stereocenters. The predicted octanol–water partition coefficient (Wildman–Crippen LogP) is 0.760. The molecule has 0 bridgehead atoms. The van der Waals surface area contributed by atoms with Crippen molar-refractivity contribution in [2.24, 2.45) is 16.7 Å². The van der Waals surface area contributed by atoms with Crippen LogP contribution >= 0.6 is 23.1 Å². The van der Waals surface area contributed by atoms with Crippen molar-refractivity contribution >= 4 is 40.9 Å². The Morgan fingerprint density at radius 2 is 2.41 bits per heavy atom. The summed E-state index contributed by atoms with van der Waals surface area (Å²) in [6.45, 7) is 1.96. The van der Waals surface area contributed by atoms with Gasteiger partial charge < -0.3 is 5.73 Å². The molecule has 0 aliphatic carbocycles. The highest BCUT2D eigenvalue weighted by Crippen LogP contribution is 2.40. The Labute approximate surface area is 136 Å². The lowest BCUT2D eigenvalue weighted by Gasteiger charge is -2.44. The van der Waals surface area contributed by atoms with E-state index in [9.17, 15) is 4.79 Å². The van der Waals surface area contributed by atoms with Gasteiger partial charge in [-0.1, -0.05) is 6.08 Å². The molecule has 9 heteroatoms. The highest BCUT2D eigenvalue weighted by molar-refractivity contribution is 8.00. The molecular formula is C13H16N6OS2. The molecule has 2 aliphatic rings. The lowest BCUT2D eigenvalue weighted by Crippen LogP contribution is -2.55. The summed E-state index contributed by atoms with van der Waals surface area (Å²) >= 11 is 3.30. The Balaban J connectivity index is 1.98. The topological polar surface area (TPSA) is 110 Å². The van der Waals surface area contributed by atoms with Crippen LogP contribution in [0.5, 0.6) is 0 Å². The summed E-state index contributed by atoms with van der Waals surface area (Å²) < 4.78 is 0. The van der Waals surface area contributed by atoms with Crippen LogP contribution in [-0.4, -0.2) is 32.8 Å². The van der Waals surface area contributed by atoms with Crippen molar-refractivity contribution in [3.05, 3.63) is 33.4 Å². The molecule has 0 spiro atoms. The van der Waals surface area contributed by atoms with Gasteiger partial charge in [0, 0.05) is 10.6 Å². The molecule has 0 saturated carbocycles. The van der Waals surface area contributed by atoms with E-state index < -0.39 is 0 Å². The zero-order chi connectivity index (χ0) is 15.7. The van der Waals surface area contributed by atoms with E-state index in [1.54, 1.807) is 28.0 Å². The van der Waals surface area contributed by atoms with Gasteiger partial charge in [-0.15, -0.1) is 28.2 Å². The largest absolute Gasteiger partial charge is 0.380 e. The third kappa shape index (κ3) is 2.62. The average molecular weight is 336 g/mol. The van der Waals surface area contributed by atoms with Crippen molar-refractivity contribution in [2.75, 3.05) is 5.75 Å². The predicted molar refractivity (Wildman–Crippen MR) is 89.6 cm³/mol. The van der Waals surface area contributed by atoms with Crippen molar-refractivity contribution in [3.8, 4) is 0 Å². The second-order valence-electron chi connectivity index (χ2n) is 4.87. The number of thioether (sulfide) groups is 1. The van der Waals surface area contributed by atoms with Gasteiger partial charge in [0.2, 0.25) is 5.91 Å². The molecule has 2 aliphatic heterocycles. The van der Waals surface area contributed by atoms with E-state index in [1.165, 1.54) is 0 Å². The molecule has 116 valence electrons. The Morgan fingerprint density at radius 1 is 1.59 bits per heavy atom. The molecule has 5 N–H and O–H groups in total. The number of aromatic nitrogens is 1. The molecular weight excluding hydrogens is 320 g/mol. The van der Waals surface area contributed by atoms with Gasteiger partial charge in [0.1, 0.15) is 0 Å². The van der Waals surface area contributed by atoms with Gasteiger partial charge in [-0.2, -0.15) is 0 Å². The molecule has 3 rings (SSSR count).